The molecule has 2 aromatic heterocycles. The number of aromatic nitrogens is 2. The van der Waals surface area contributed by atoms with E-state index < -0.39 is 17.8 Å². The van der Waals surface area contributed by atoms with Gasteiger partial charge >= 0.3 is 0 Å². The minimum absolute atomic E-state index is 0.131. The summed E-state index contributed by atoms with van der Waals surface area (Å²) < 4.78 is 14.1. The molecule has 3 aromatic rings. The highest BCUT2D eigenvalue weighted by molar-refractivity contribution is 5.87. The number of pyridine rings is 2. The van der Waals surface area contributed by atoms with Crippen LogP contribution in [-0.4, -0.2) is 15.9 Å². The lowest BCUT2D eigenvalue weighted by Crippen LogP contribution is -2.31. The number of fused-ring (bicyclic) bond motifs is 1. The van der Waals surface area contributed by atoms with Gasteiger partial charge in [-0.05, 0) is 44.5 Å². The number of benzene rings is 1. The summed E-state index contributed by atoms with van der Waals surface area (Å²) in [5, 5.41) is 12.4. The fourth-order valence-electron chi connectivity index (χ4n) is 3.35. The van der Waals surface area contributed by atoms with Crippen molar-refractivity contribution in [2.24, 2.45) is 0 Å². The average molecular weight is 378 g/mol. The molecule has 1 amide bonds. The number of nitrogens with zero attached hydrogens (tertiary/aromatic N) is 2. The molecule has 3 rings (SSSR count). The van der Waals surface area contributed by atoms with Crippen LogP contribution in [0, 0.1) is 31.0 Å². The van der Waals surface area contributed by atoms with Gasteiger partial charge in [-0.2, -0.15) is 5.26 Å². The Bertz CT molecular complexity index is 1180. The van der Waals surface area contributed by atoms with Gasteiger partial charge in [-0.15, -0.1) is 0 Å². The van der Waals surface area contributed by atoms with Gasteiger partial charge in [0.15, 0.2) is 0 Å². The van der Waals surface area contributed by atoms with Gasteiger partial charge in [0.1, 0.15) is 5.82 Å². The summed E-state index contributed by atoms with van der Waals surface area (Å²) >= 11 is 0. The fraction of sp³-hybridized carbons (Fsp3) is 0.238. The van der Waals surface area contributed by atoms with Crippen LogP contribution in [0.1, 0.15) is 40.9 Å². The maximum absolute atomic E-state index is 14.1. The van der Waals surface area contributed by atoms with E-state index in [0.717, 1.165) is 17.1 Å². The summed E-state index contributed by atoms with van der Waals surface area (Å²) in [6, 6.07) is 7.08. The minimum Gasteiger partial charge on any atom is -0.349 e. The molecule has 0 unspecified atom stereocenters. The van der Waals surface area contributed by atoms with Crippen molar-refractivity contribution in [1.29, 1.82) is 5.26 Å². The summed E-state index contributed by atoms with van der Waals surface area (Å²) in [7, 11) is 0. The van der Waals surface area contributed by atoms with Crippen molar-refractivity contribution in [3.63, 3.8) is 0 Å². The first-order valence-electron chi connectivity index (χ1n) is 8.77. The first kappa shape index (κ1) is 19.2. The Balaban J connectivity index is 1.85. The van der Waals surface area contributed by atoms with E-state index >= 15 is 0 Å². The molecule has 6 nitrogen and oxygen atoms in total. The van der Waals surface area contributed by atoms with Crippen LogP contribution in [0.15, 0.2) is 35.3 Å². The highest BCUT2D eigenvalue weighted by Gasteiger charge is 2.18. The predicted octanol–water partition coefficient (Wildman–Crippen LogP) is 2.97. The second-order valence-electron chi connectivity index (χ2n) is 6.69. The number of nitriles is 1. The largest absolute Gasteiger partial charge is 0.349 e. The van der Waals surface area contributed by atoms with Crippen molar-refractivity contribution in [3.8, 4) is 6.07 Å². The van der Waals surface area contributed by atoms with E-state index in [1.165, 1.54) is 12.1 Å². The molecule has 0 aliphatic rings. The second-order valence-corrected chi connectivity index (χ2v) is 6.69. The van der Waals surface area contributed by atoms with Crippen LogP contribution in [0.4, 0.5) is 4.39 Å². The first-order valence-corrected chi connectivity index (χ1v) is 8.77. The highest BCUT2D eigenvalue weighted by Crippen LogP contribution is 2.21. The van der Waals surface area contributed by atoms with Crippen molar-refractivity contribution in [1.82, 2.24) is 15.3 Å². The van der Waals surface area contributed by atoms with Crippen molar-refractivity contribution in [2.45, 2.75) is 33.2 Å². The van der Waals surface area contributed by atoms with Crippen LogP contribution in [0.3, 0.4) is 0 Å². The number of H-pyrrole nitrogens is 1. The Morgan fingerprint density at radius 1 is 1.36 bits per heavy atom. The average Bonchev–Trinajstić information content (AvgIpc) is 2.64. The molecule has 0 saturated carbocycles. The summed E-state index contributed by atoms with van der Waals surface area (Å²) in [5.74, 6) is -0.959. The van der Waals surface area contributed by atoms with Gasteiger partial charge in [-0.25, -0.2) is 4.39 Å². The van der Waals surface area contributed by atoms with Crippen molar-refractivity contribution < 1.29 is 9.18 Å². The van der Waals surface area contributed by atoms with Gasteiger partial charge in [-0.1, -0.05) is 6.07 Å². The molecule has 2 heterocycles. The highest BCUT2D eigenvalue weighted by atomic mass is 19.1. The summed E-state index contributed by atoms with van der Waals surface area (Å²) in [4.78, 5) is 32.0. The monoisotopic (exact) mass is 378 g/mol. The van der Waals surface area contributed by atoms with Crippen LogP contribution in [0.5, 0.6) is 0 Å². The van der Waals surface area contributed by atoms with E-state index in [9.17, 15) is 14.0 Å². The van der Waals surface area contributed by atoms with E-state index in [1.807, 2.05) is 13.0 Å². The second kappa shape index (κ2) is 7.61. The number of hydrogen-bond acceptors (Lipinski definition) is 4. The molecular weight excluding hydrogens is 359 g/mol. The van der Waals surface area contributed by atoms with Crippen LogP contribution >= 0.6 is 0 Å². The van der Waals surface area contributed by atoms with Gasteiger partial charge in [-0.3, -0.25) is 14.6 Å². The number of rotatable bonds is 4. The van der Waals surface area contributed by atoms with E-state index in [0.29, 0.717) is 16.6 Å². The zero-order valence-corrected chi connectivity index (χ0v) is 15.8. The van der Waals surface area contributed by atoms with Crippen LogP contribution in [0.2, 0.25) is 0 Å². The predicted molar refractivity (Wildman–Crippen MR) is 103 cm³/mol. The van der Waals surface area contributed by atoms with E-state index in [-0.39, 0.29) is 23.1 Å². The molecular formula is C21H19FN4O2. The number of halogens is 1. The molecule has 0 aliphatic heterocycles. The Morgan fingerprint density at radius 2 is 2.11 bits per heavy atom. The third-order valence-corrected chi connectivity index (χ3v) is 4.80. The lowest BCUT2D eigenvalue weighted by molar-refractivity contribution is -0.121. The lowest BCUT2D eigenvalue weighted by Gasteiger charge is -2.16. The standard InChI is InChI=1S/C21H19FN4O2/c1-11-16(21(28)26-18-6-7-24-13(3)20(11)18)9-19(27)25-12(2)15-5-4-14(10-23)8-17(15)22/h4-8,12H,9H2,1-3H3,(H,25,27)(H,26,28)/t12-/m0/s1. The van der Waals surface area contributed by atoms with E-state index in [2.05, 4.69) is 15.3 Å². The number of amides is 1. The quantitative estimate of drug-likeness (QED) is 0.729. The molecule has 0 saturated heterocycles. The maximum atomic E-state index is 14.1. The van der Waals surface area contributed by atoms with Crippen molar-refractivity contribution in [2.75, 3.05) is 0 Å². The molecule has 0 aliphatic carbocycles. The molecule has 2 N–H and O–H groups in total. The maximum Gasteiger partial charge on any atom is 0.252 e. The summed E-state index contributed by atoms with van der Waals surface area (Å²) in [6.07, 6.45) is 1.49. The smallest absolute Gasteiger partial charge is 0.252 e. The van der Waals surface area contributed by atoms with Crippen LogP contribution < -0.4 is 10.9 Å². The normalized spacial score (nSPS) is 11.8. The lowest BCUT2D eigenvalue weighted by atomic mass is 10.0. The number of carbonyl (C=O) groups excluding carboxylic acids is 1. The summed E-state index contributed by atoms with van der Waals surface area (Å²) in [6.45, 7) is 5.28. The topological polar surface area (TPSA) is 98.6 Å². The Hall–Kier alpha value is -3.53. The number of aromatic amines is 1. The molecule has 1 atom stereocenters. The van der Waals surface area contributed by atoms with Gasteiger partial charge in [0.2, 0.25) is 5.91 Å². The molecule has 0 spiro atoms. The Morgan fingerprint density at radius 3 is 2.79 bits per heavy atom. The number of nitrogens with one attached hydrogen (secondary N) is 2. The van der Waals surface area contributed by atoms with E-state index in [4.69, 9.17) is 5.26 Å². The summed E-state index contributed by atoms with van der Waals surface area (Å²) in [5.41, 5.74) is 2.65. The van der Waals surface area contributed by atoms with Crippen LogP contribution in [0.25, 0.3) is 10.9 Å². The number of hydrogen-bond donors (Lipinski definition) is 2. The first-order chi connectivity index (χ1) is 13.3. The molecule has 0 fully saturated rings. The molecule has 7 heteroatoms. The van der Waals surface area contributed by atoms with Crippen molar-refractivity contribution in [3.05, 3.63) is 74.6 Å². The van der Waals surface area contributed by atoms with Gasteiger partial charge in [0.25, 0.3) is 5.56 Å². The zero-order valence-electron chi connectivity index (χ0n) is 15.8. The molecule has 1 aromatic carbocycles. The number of aryl methyl sites for hydroxylation is 2. The van der Waals surface area contributed by atoms with Gasteiger partial charge in [0, 0.05) is 28.4 Å². The molecule has 0 radical (unpaired) electrons. The van der Waals surface area contributed by atoms with Crippen molar-refractivity contribution >= 4 is 16.8 Å². The molecule has 0 bridgehead atoms. The van der Waals surface area contributed by atoms with Crippen LogP contribution in [-0.2, 0) is 11.2 Å². The Kier molecular flexibility index (Phi) is 5.23. The van der Waals surface area contributed by atoms with Gasteiger partial charge < -0.3 is 10.3 Å². The third-order valence-electron chi connectivity index (χ3n) is 4.80. The third kappa shape index (κ3) is 3.62. The van der Waals surface area contributed by atoms with Gasteiger partial charge in [0.05, 0.1) is 29.6 Å². The minimum atomic E-state index is -0.608. The number of carbonyl (C=O) groups is 1. The SMILES string of the molecule is Cc1nccc2[nH]c(=O)c(CC(=O)N[C@@H](C)c3ccc(C#N)cc3F)c(C)c12. The van der Waals surface area contributed by atoms with E-state index in [1.54, 1.807) is 26.1 Å². The molecule has 28 heavy (non-hydrogen) atoms. The Labute approximate surface area is 161 Å². The molecule has 142 valence electrons. The zero-order chi connectivity index (χ0) is 20.4. The fourth-order valence-corrected chi connectivity index (χ4v) is 3.35.